The number of carbonyl (C=O) groups excluding carboxylic acids is 1. The molecule has 0 saturated carbocycles. The maximum absolute atomic E-state index is 11.9. The van der Waals surface area contributed by atoms with Crippen LogP contribution >= 0.6 is 0 Å². The van der Waals surface area contributed by atoms with Gasteiger partial charge in [0, 0.05) is 0 Å². The molecule has 0 unspecified atom stereocenters. The number of ether oxygens (including phenoxy) is 4. The molecule has 0 aromatic heterocycles. The van der Waals surface area contributed by atoms with Gasteiger partial charge in [0.2, 0.25) is 0 Å². The summed E-state index contributed by atoms with van der Waals surface area (Å²) >= 11 is 0. The Balaban J connectivity index is 1.54. The van der Waals surface area contributed by atoms with Crippen LogP contribution in [0.5, 0.6) is 0 Å². The molecule has 1 aliphatic rings. The van der Waals surface area contributed by atoms with Gasteiger partial charge in [0.1, 0.15) is 24.4 Å². The van der Waals surface area contributed by atoms with Crippen molar-refractivity contribution in [1.82, 2.24) is 0 Å². The summed E-state index contributed by atoms with van der Waals surface area (Å²) in [4.78, 5) is 11.9. The van der Waals surface area contributed by atoms with Gasteiger partial charge < -0.3 is 23.7 Å². The summed E-state index contributed by atoms with van der Waals surface area (Å²) in [5.74, 6) is 0. The molecular weight excluding hydrogens is 416 g/mol. The normalized spacial score (nSPS) is 24.9. The molecule has 1 fully saturated rings. The van der Waals surface area contributed by atoms with Crippen LogP contribution in [0.25, 0.3) is 0 Å². The minimum absolute atomic E-state index is 0.332. The van der Waals surface area contributed by atoms with Crippen molar-refractivity contribution < 1.29 is 23.7 Å². The highest BCUT2D eigenvalue weighted by Crippen LogP contribution is 2.29. The molecule has 5 heteroatoms. The lowest BCUT2D eigenvalue weighted by Crippen LogP contribution is -2.59. The molecule has 1 aliphatic heterocycles. The molecule has 4 rings (SSSR count). The second-order valence-electron chi connectivity index (χ2n) is 8.23. The number of hydrogen-bond donors (Lipinski definition) is 0. The SMILES string of the molecule is C[C@@H]1O[C@H](C=O)[C@@H](OCc2ccccc2)[C@H](OCc2ccccc2)[C@@H]1OCc1ccccc1. The van der Waals surface area contributed by atoms with Gasteiger partial charge in [-0.05, 0) is 23.6 Å². The molecule has 5 atom stereocenters. The Morgan fingerprint density at radius 2 is 1.03 bits per heavy atom. The minimum Gasteiger partial charge on any atom is -0.368 e. The molecule has 0 radical (unpaired) electrons. The molecule has 172 valence electrons. The van der Waals surface area contributed by atoms with Crippen LogP contribution in [0, 0.1) is 0 Å². The monoisotopic (exact) mass is 446 g/mol. The molecule has 0 aliphatic carbocycles. The zero-order valence-electron chi connectivity index (χ0n) is 18.8. The smallest absolute Gasteiger partial charge is 0.151 e. The lowest BCUT2D eigenvalue weighted by molar-refractivity contribution is -0.253. The first-order chi connectivity index (χ1) is 16.2. The number of hydrogen-bond acceptors (Lipinski definition) is 5. The van der Waals surface area contributed by atoms with Crippen LogP contribution < -0.4 is 0 Å². The van der Waals surface area contributed by atoms with E-state index in [2.05, 4.69) is 0 Å². The van der Waals surface area contributed by atoms with Crippen molar-refractivity contribution >= 4 is 6.29 Å². The first kappa shape index (κ1) is 23.3. The van der Waals surface area contributed by atoms with E-state index >= 15 is 0 Å². The Morgan fingerprint density at radius 1 is 0.636 bits per heavy atom. The molecule has 0 spiro atoms. The molecule has 33 heavy (non-hydrogen) atoms. The molecule has 0 amide bonds. The molecule has 3 aromatic carbocycles. The van der Waals surface area contributed by atoms with Crippen molar-refractivity contribution in [2.45, 2.75) is 57.3 Å². The van der Waals surface area contributed by atoms with Gasteiger partial charge >= 0.3 is 0 Å². The van der Waals surface area contributed by atoms with Gasteiger partial charge in [0.25, 0.3) is 0 Å². The summed E-state index contributed by atoms with van der Waals surface area (Å²) in [6.45, 7) is 3.07. The third kappa shape index (κ3) is 6.36. The van der Waals surface area contributed by atoms with Gasteiger partial charge in [0.05, 0.1) is 25.9 Å². The molecule has 3 aromatic rings. The molecule has 5 nitrogen and oxygen atoms in total. The zero-order chi connectivity index (χ0) is 22.9. The summed E-state index contributed by atoms with van der Waals surface area (Å²) in [7, 11) is 0. The van der Waals surface area contributed by atoms with Crippen molar-refractivity contribution in [2.24, 2.45) is 0 Å². The van der Waals surface area contributed by atoms with Crippen LogP contribution in [-0.4, -0.2) is 36.8 Å². The van der Waals surface area contributed by atoms with E-state index < -0.39 is 24.4 Å². The Bertz CT molecular complexity index is 963. The maximum atomic E-state index is 11.9. The van der Waals surface area contributed by atoms with E-state index in [-0.39, 0.29) is 6.10 Å². The Morgan fingerprint density at radius 3 is 1.45 bits per heavy atom. The van der Waals surface area contributed by atoms with Crippen LogP contribution in [0.3, 0.4) is 0 Å². The van der Waals surface area contributed by atoms with Crippen molar-refractivity contribution in [2.75, 3.05) is 0 Å². The van der Waals surface area contributed by atoms with E-state index in [1.54, 1.807) is 0 Å². The van der Waals surface area contributed by atoms with Crippen LogP contribution in [0.15, 0.2) is 91.0 Å². The molecule has 1 heterocycles. The van der Waals surface area contributed by atoms with E-state index in [0.717, 1.165) is 23.0 Å². The number of carbonyl (C=O) groups is 1. The lowest BCUT2D eigenvalue weighted by atomic mass is 9.95. The highest BCUT2D eigenvalue weighted by atomic mass is 16.6. The van der Waals surface area contributed by atoms with Crippen LogP contribution in [0.4, 0.5) is 0 Å². The highest BCUT2D eigenvalue weighted by Gasteiger charge is 2.46. The topological polar surface area (TPSA) is 54.0 Å². The van der Waals surface area contributed by atoms with E-state index in [9.17, 15) is 4.79 Å². The van der Waals surface area contributed by atoms with Crippen LogP contribution in [-0.2, 0) is 43.6 Å². The first-order valence-electron chi connectivity index (χ1n) is 11.3. The van der Waals surface area contributed by atoms with E-state index in [1.807, 2.05) is 97.9 Å². The average Bonchev–Trinajstić information content (AvgIpc) is 2.87. The van der Waals surface area contributed by atoms with Crippen molar-refractivity contribution in [1.29, 1.82) is 0 Å². The summed E-state index contributed by atoms with van der Waals surface area (Å²) in [5, 5.41) is 0. The number of benzene rings is 3. The number of aldehydes is 1. The van der Waals surface area contributed by atoms with Crippen molar-refractivity contribution in [3.05, 3.63) is 108 Å². The van der Waals surface area contributed by atoms with Gasteiger partial charge in [-0.3, -0.25) is 0 Å². The molecule has 0 bridgehead atoms. The fraction of sp³-hybridized carbons (Fsp3) is 0.321. The van der Waals surface area contributed by atoms with E-state index in [1.165, 1.54) is 0 Å². The van der Waals surface area contributed by atoms with E-state index in [0.29, 0.717) is 19.8 Å². The highest BCUT2D eigenvalue weighted by molar-refractivity contribution is 5.58. The Labute approximate surface area is 195 Å². The largest absolute Gasteiger partial charge is 0.368 e. The summed E-state index contributed by atoms with van der Waals surface area (Å²) in [6, 6.07) is 29.8. The third-order valence-electron chi connectivity index (χ3n) is 5.80. The first-order valence-corrected chi connectivity index (χ1v) is 11.3. The third-order valence-corrected chi connectivity index (χ3v) is 5.80. The van der Waals surface area contributed by atoms with Gasteiger partial charge in [-0.2, -0.15) is 0 Å². The summed E-state index contributed by atoms with van der Waals surface area (Å²) in [5.41, 5.74) is 3.12. The van der Waals surface area contributed by atoms with Gasteiger partial charge in [-0.15, -0.1) is 0 Å². The quantitative estimate of drug-likeness (QED) is 0.422. The summed E-state index contributed by atoms with van der Waals surface area (Å²) < 4.78 is 25.0. The Hall–Kier alpha value is -2.83. The van der Waals surface area contributed by atoms with Crippen molar-refractivity contribution in [3.63, 3.8) is 0 Å². The second kappa shape index (κ2) is 11.9. The standard InChI is InChI=1S/C28H30O5/c1-21-26(30-18-22-11-5-2-6-12-22)28(32-20-24-15-9-4-10-16-24)27(25(17-29)33-21)31-19-23-13-7-3-8-14-23/h2-17,21,25-28H,18-20H2,1H3/t21-,25+,26+,27+,28+/m0/s1. The van der Waals surface area contributed by atoms with Crippen LogP contribution in [0.1, 0.15) is 23.6 Å². The number of rotatable bonds is 10. The predicted molar refractivity (Wildman–Crippen MR) is 125 cm³/mol. The maximum Gasteiger partial charge on any atom is 0.151 e. The van der Waals surface area contributed by atoms with E-state index in [4.69, 9.17) is 18.9 Å². The zero-order valence-corrected chi connectivity index (χ0v) is 18.8. The van der Waals surface area contributed by atoms with Crippen LogP contribution in [0.2, 0.25) is 0 Å². The lowest BCUT2D eigenvalue weighted by Gasteiger charge is -2.43. The summed E-state index contributed by atoms with van der Waals surface area (Å²) in [6.07, 6.45) is -1.73. The predicted octanol–water partition coefficient (Wildman–Crippen LogP) is 4.73. The fourth-order valence-electron chi connectivity index (χ4n) is 4.06. The van der Waals surface area contributed by atoms with Crippen molar-refractivity contribution in [3.8, 4) is 0 Å². The molecule has 1 saturated heterocycles. The second-order valence-corrected chi connectivity index (χ2v) is 8.23. The minimum atomic E-state index is -0.735. The molecular formula is C28H30O5. The fourth-order valence-corrected chi connectivity index (χ4v) is 4.06. The Kier molecular flexibility index (Phi) is 8.39. The molecule has 0 N–H and O–H groups in total. The average molecular weight is 447 g/mol. The van der Waals surface area contributed by atoms with Gasteiger partial charge in [-0.25, -0.2) is 0 Å². The van der Waals surface area contributed by atoms with Gasteiger partial charge in [-0.1, -0.05) is 91.0 Å². The van der Waals surface area contributed by atoms with Gasteiger partial charge in [0.15, 0.2) is 6.29 Å².